The minimum atomic E-state index is 0.536. The van der Waals surface area contributed by atoms with Crippen LogP contribution in [-0.2, 0) is 6.42 Å². The molecule has 0 bridgehead atoms. The molecule has 0 amide bonds. The molecule has 1 fully saturated rings. The van der Waals surface area contributed by atoms with Gasteiger partial charge in [0.15, 0.2) is 0 Å². The molecule has 1 nitrogen and oxygen atoms in total. The van der Waals surface area contributed by atoms with E-state index in [4.69, 9.17) is 4.74 Å². The standard InChI is InChI=1S/C32H44O/c1-3-5-7-8-9-11-27-14-20-30(21-15-27)31-22-16-28(17-23-31)12-13-29-18-24-32(25-19-29)33-26-10-6-4-2/h14-15,18-21,24-25,28,31H,3-11,16-17,22-23,26H2,1-2H3/t28-,31-. The van der Waals surface area contributed by atoms with Crippen molar-refractivity contribution in [2.24, 2.45) is 5.92 Å². The number of unbranched alkanes of at least 4 members (excludes halogenated alkanes) is 6. The molecule has 1 aliphatic carbocycles. The van der Waals surface area contributed by atoms with E-state index >= 15 is 0 Å². The Morgan fingerprint density at radius 1 is 0.727 bits per heavy atom. The van der Waals surface area contributed by atoms with Gasteiger partial charge in [0.2, 0.25) is 0 Å². The maximum absolute atomic E-state index is 5.80. The molecule has 0 heterocycles. The molecule has 1 heteroatoms. The Morgan fingerprint density at radius 2 is 1.39 bits per heavy atom. The second-order valence-corrected chi connectivity index (χ2v) is 9.80. The Morgan fingerprint density at radius 3 is 2.09 bits per heavy atom. The van der Waals surface area contributed by atoms with Crippen molar-refractivity contribution in [3.05, 3.63) is 65.2 Å². The van der Waals surface area contributed by atoms with Crippen molar-refractivity contribution in [1.82, 2.24) is 0 Å². The summed E-state index contributed by atoms with van der Waals surface area (Å²) in [4.78, 5) is 0. The fourth-order valence-electron chi connectivity index (χ4n) is 4.82. The number of hydrogen-bond donors (Lipinski definition) is 0. The topological polar surface area (TPSA) is 9.23 Å². The zero-order valence-corrected chi connectivity index (χ0v) is 21.1. The van der Waals surface area contributed by atoms with Crippen LogP contribution in [-0.4, -0.2) is 6.61 Å². The third-order valence-electron chi connectivity index (χ3n) is 7.04. The summed E-state index contributed by atoms with van der Waals surface area (Å²) in [6.45, 7) is 5.31. The van der Waals surface area contributed by atoms with Gasteiger partial charge in [0, 0.05) is 11.5 Å². The average molecular weight is 445 g/mol. The van der Waals surface area contributed by atoms with Crippen molar-refractivity contribution < 1.29 is 4.74 Å². The molecule has 178 valence electrons. The molecule has 0 aliphatic heterocycles. The predicted octanol–water partition coefficient (Wildman–Crippen LogP) is 9.09. The molecule has 0 spiro atoms. The Labute approximate surface area is 203 Å². The van der Waals surface area contributed by atoms with Gasteiger partial charge in [-0.25, -0.2) is 0 Å². The van der Waals surface area contributed by atoms with Crippen molar-refractivity contribution >= 4 is 0 Å². The van der Waals surface area contributed by atoms with Gasteiger partial charge in [-0.2, -0.15) is 0 Å². The van der Waals surface area contributed by atoms with Crippen molar-refractivity contribution in [3.8, 4) is 17.6 Å². The first-order valence-corrected chi connectivity index (χ1v) is 13.6. The van der Waals surface area contributed by atoms with E-state index in [0.29, 0.717) is 11.8 Å². The van der Waals surface area contributed by atoms with Gasteiger partial charge in [0.25, 0.3) is 0 Å². The SMILES string of the molecule is CCCCCCCc1ccc([C@H]2CC[C@H](C#Cc3ccc(OCCCCC)cc3)CC2)cc1. The average Bonchev–Trinajstić information content (AvgIpc) is 2.87. The normalized spacial score (nSPS) is 17.9. The van der Waals surface area contributed by atoms with Crippen LogP contribution in [0.1, 0.15) is 114 Å². The van der Waals surface area contributed by atoms with Gasteiger partial charge >= 0.3 is 0 Å². The summed E-state index contributed by atoms with van der Waals surface area (Å²) < 4.78 is 5.80. The minimum Gasteiger partial charge on any atom is -0.494 e. The minimum absolute atomic E-state index is 0.536. The molecule has 33 heavy (non-hydrogen) atoms. The fourth-order valence-corrected chi connectivity index (χ4v) is 4.82. The fraction of sp³-hybridized carbons (Fsp3) is 0.562. The quantitative estimate of drug-likeness (QED) is 0.234. The summed E-state index contributed by atoms with van der Waals surface area (Å²) in [7, 11) is 0. The first kappa shape index (κ1) is 25.4. The molecule has 2 aromatic rings. The Balaban J connectivity index is 1.39. The summed E-state index contributed by atoms with van der Waals surface area (Å²) in [6, 6.07) is 17.8. The lowest BCUT2D eigenvalue weighted by Gasteiger charge is -2.26. The first-order valence-electron chi connectivity index (χ1n) is 13.6. The molecule has 0 atom stereocenters. The van der Waals surface area contributed by atoms with Crippen molar-refractivity contribution in [2.75, 3.05) is 6.61 Å². The van der Waals surface area contributed by atoms with Gasteiger partial charge in [-0.1, -0.05) is 88.5 Å². The monoisotopic (exact) mass is 444 g/mol. The zero-order valence-electron chi connectivity index (χ0n) is 21.1. The number of ether oxygens (including phenoxy) is 1. The van der Waals surface area contributed by atoms with E-state index in [0.717, 1.165) is 24.3 Å². The Hall–Kier alpha value is -2.20. The number of rotatable bonds is 12. The summed E-state index contributed by atoms with van der Waals surface area (Å²) >= 11 is 0. The van der Waals surface area contributed by atoms with E-state index in [2.05, 4.69) is 74.2 Å². The maximum atomic E-state index is 5.80. The van der Waals surface area contributed by atoms with E-state index < -0.39 is 0 Å². The van der Waals surface area contributed by atoms with Gasteiger partial charge in [-0.15, -0.1) is 0 Å². The molecule has 0 N–H and O–H groups in total. The van der Waals surface area contributed by atoms with Crippen molar-refractivity contribution in [2.45, 2.75) is 103 Å². The Bertz CT molecular complexity index is 829. The van der Waals surface area contributed by atoms with E-state index in [9.17, 15) is 0 Å². The van der Waals surface area contributed by atoms with Crippen LogP contribution in [0.5, 0.6) is 5.75 Å². The number of hydrogen-bond acceptors (Lipinski definition) is 1. The Kier molecular flexibility index (Phi) is 11.4. The van der Waals surface area contributed by atoms with Crippen LogP contribution in [0.2, 0.25) is 0 Å². The smallest absolute Gasteiger partial charge is 0.119 e. The molecule has 1 saturated carbocycles. The highest BCUT2D eigenvalue weighted by Gasteiger charge is 2.21. The second kappa shape index (κ2) is 14.8. The third kappa shape index (κ3) is 9.29. The molecule has 1 aliphatic rings. The van der Waals surface area contributed by atoms with Crippen LogP contribution in [0.3, 0.4) is 0 Å². The molecular formula is C32H44O. The predicted molar refractivity (Wildman–Crippen MR) is 142 cm³/mol. The molecule has 0 aromatic heterocycles. The van der Waals surface area contributed by atoms with Gasteiger partial charge in [0.1, 0.15) is 5.75 Å². The van der Waals surface area contributed by atoms with Crippen LogP contribution >= 0.6 is 0 Å². The summed E-state index contributed by atoms with van der Waals surface area (Å²) in [6.07, 6.45) is 16.6. The van der Waals surface area contributed by atoms with E-state index in [1.807, 2.05) is 0 Å². The maximum Gasteiger partial charge on any atom is 0.119 e. The highest BCUT2D eigenvalue weighted by molar-refractivity contribution is 5.38. The van der Waals surface area contributed by atoms with Gasteiger partial charge in [-0.3, -0.25) is 0 Å². The molecule has 2 aromatic carbocycles. The molecule has 0 saturated heterocycles. The highest BCUT2D eigenvalue weighted by Crippen LogP contribution is 2.35. The van der Waals surface area contributed by atoms with E-state index in [1.54, 1.807) is 0 Å². The van der Waals surface area contributed by atoms with Gasteiger partial charge in [-0.05, 0) is 86.3 Å². The third-order valence-corrected chi connectivity index (χ3v) is 7.04. The van der Waals surface area contributed by atoms with E-state index in [-0.39, 0.29) is 0 Å². The summed E-state index contributed by atoms with van der Waals surface area (Å²) in [5, 5.41) is 0. The van der Waals surface area contributed by atoms with Crippen molar-refractivity contribution in [1.29, 1.82) is 0 Å². The van der Waals surface area contributed by atoms with Gasteiger partial charge < -0.3 is 4.74 Å². The molecule has 0 radical (unpaired) electrons. The van der Waals surface area contributed by atoms with Crippen LogP contribution in [0.4, 0.5) is 0 Å². The van der Waals surface area contributed by atoms with Crippen LogP contribution < -0.4 is 4.74 Å². The zero-order chi connectivity index (χ0) is 23.1. The van der Waals surface area contributed by atoms with Crippen LogP contribution in [0, 0.1) is 17.8 Å². The molecule has 0 unspecified atom stereocenters. The van der Waals surface area contributed by atoms with Crippen LogP contribution in [0.25, 0.3) is 0 Å². The number of aryl methyl sites for hydroxylation is 1. The highest BCUT2D eigenvalue weighted by atomic mass is 16.5. The van der Waals surface area contributed by atoms with Crippen molar-refractivity contribution in [3.63, 3.8) is 0 Å². The lowest BCUT2D eigenvalue weighted by Crippen LogP contribution is -2.12. The molecule has 3 rings (SSSR count). The van der Waals surface area contributed by atoms with E-state index in [1.165, 1.54) is 88.2 Å². The van der Waals surface area contributed by atoms with Gasteiger partial charge in [0.05, 0.1) is 6.61 Å². The lowest BCUT2D eigenvalue weighted by atomic mass is 9.78. The lowest BCUT2D eigenvalue weighted by molar-refractivity contribution is 0.306. The molecular weight excluding hydrogens is 400 g/mol. The van der Waals surface area contributed by atoms with Crippen LogP contribution in [0.15, 0.2) is 48.5 Å². The largest absolute Gasteiger partial charge is 0.494 e. The summed E-state index contributed by atoms with van der Waals surface area (Å²) in [5.74, 6) is 9.16. The summed E-state index contributed by atoms with van der Waals surface area (Å²) in [5.41, 5.74) is 4.14. The second-order valence-electron chi connectivity index (χ2n) is 9.80. The first-order chi connectivity index (χ1) is 16.3. The number of benzene rings is 2.